The minimum absolute atomic E-state index is 0.118. The Morgan fingerprint density at radius 3 is 2.71 bits per heavy atom. The van der Waals surface area contributed by atoms with Crippen molar-refractivity contribution in [3.63, 3.8) is 0 Å². The second-order valence-corrected chi connectivity index (χ2v) is 5.56. The number of halogens is 1. The van der Waals surface area contributed by atoms with E-state index in [1.807, 2.05) is 0 Å². The lowest BCUT2D eigenvalue weighted by molar-refractivity contribution is 0.0914. The van der Waals surface area contributed by atoms with E-state index in [2.05, 4.69) is 5.32 Å². The van der Waals surface area contributed by atoms with E-state index in [9.17, 15) is 9.59 Å². The van der Waals surface area contributed by atoms with E-state index in [1.165, 1.54) is 7.11 Å². The quantitative estimate of drug-likeness (QED) is 0.933. The zero-order chi connectivity index (χ0) is 15.2. The molecule has 1 aliphatic rings. The minimum atomic E-state index is -0.281. The summed E-state index contributed by atoms with van der Waals surface area (Å²) in [5.41, 5.74) is 0.564. The van der Waals surface area contributed by atoms with Gasteiger partial charge in [-0.05, 0) is 37.0 Å². The van der Waals surface area contributed by atoms with Crippen LogP contribution in [0.4, 0.5) is 4.79 Å². The van der Waals surface area contributed by atoms with Gasteiger partial charge in [-0.1, -0.05) is 17.7 Å². The van der Waals surface area contributed by atoms with Crippen molar-refractivity contribution in [2.24, 2.45) is 5.92 Å². The lowest BCUT2D eigenvalue weighted by atomic mass is 9.97. The molecule has 1 heterocycles. The topological polar surface area (TPSA) is 58.6 Å². The van der Waals surface area contributed by atoms with E-state index >= 15 is 0 Å². The van der Waals surface area contributed by atoms with Crippen LogP contribution in [0.25, 0.3) is 0 Å². The van der Waals surface area contributed by atoms with Gasteiger partial charge in [0.2, 0.25) is 0 Å². The van der Waals surface area contributed by atoms with Crippen molar-refractivity contribution in [2.75, 3.05) is 26.7 Å². The molecule has 5 nitrogen and oxygen atoms in total. The van der Waals surface area contributed by atoms with E-state index in [0.29, 0.717) is 36.1 Å². The third-order valence-electron chi connectivity index (χ3n) is 3.69. The molecule has 1 saturated heterocycles. The van der Waals surface area contributed by atoms with Crippen LogP contribution in [-0.4, -0.2) is 43.6 Å². The molecule has 6 heteroatoms. The Labute approximate surface area is 129 Å². The van der Waals surface area contributed by atoms with Gasteiger partial charge in [0, 0.05) is 30.2 Å². The first-order valence-electron chi connectivity index (χ1n) is 6.97. The van der Waals surface area contributed by atoms with Crippen LogP contribution in [0.2, 0.25) is 5.02 Å². The van der Waals surface area contributed by atoms with Gasteiger partial charge in [-0.25, -0.2) is 4.79 Å². The highest BCUT2D eigenvalue weighted by molar-refractivity contribution is 6.30. The van der Waals surface area contributed by atoms with Crippen LogP contribution < -0.4 is 5.32 Å². The molecule has 1 aliphatic heterocycles. The first kappa shape index (κ1) is 15.6. The average molecular weight is 311 g/mol. The van der Waals surface area contributed by atoms with Crippen molar-refractivity contribution in [1.82, 2.24) is 10.2 Å². The van der Waals surface area contributed by atoms with Crippen LogP contribution in [-0.2, 0) is 4.74 Å². The van der Waals surface area contributed by atoms with Crippen LogP contribution in [0.1, 0.15) is 23.2 Å². The fourth-order valence-electron chi connectivity index (χ4n) is 2.42. The van der Waals surface area contributed by atoms with E-state index in [4.69, 9.17) is 16.3 Å². The van der Waals surface area contributed by atoms with Crippen molar-refractivity contribution in [3.05, 3.63) is 34.9 Å². The molecule has 0 bridgehead atoms. The predicted octanol–water partition coefficient (Wildman–Crippen LogP) is 2.55. The van der Waals surface area contributed by atoms with E-state index in [0.717, 1.165) is 12.8 Å². The molecule has 0 aromatic heterocycles. The molecule has 1 aromatic carbocycles. The number of amides is 2. The number of nitrogens with zero attached hydrogens (tertiary/aromatic N) is 1. The molecule has 0 saturated carbocycles. The molecule has 1 N–H and O–H groups in total. The standard InChI is InChI=1S/C15H19ClN2O3/c1-21-15(20)18-7-5-11(6-8-18)10-17-14(19)12-3-2-4-13(16)9-12/h2-4,9,11H,5-8,10H2,1H3,(H,17,19). The molecule has 0 aliphatic carbocycles. The van der Waals surface area contributed by atoms with Crippen LogP contribution >= 0.6 is 11.6 Å². The van der Waals surface area contributed by atoms with Crippen molar-refractivity contribution in [3.8, 4) is 0 Å². The molecular formula is C15H19ClN2O3. The Bertz CT molecular complexity index is 513. The molecule has 1 fully saturated rings. The number of carbonyl (C=O) groups excluding carboxylic acids is 2. The number of ether oxygens (including phenoxy) is 1. The number of methoxy groups -OCH3 is 1. The number of hydrogen-bond donors (Lipinski definition) is 1. The van der Waals surface area contributed by atoms with Gasteiger partial charge in [0.25, 0.3) is 5.91 Å². The second kappa shape index (κ2) is 7.31. The molecule has 0 atom stereocenters. The molecule has 0 unspecified atom stereocenters. The van der Waals surface area contributed by atoms with Crippen molar-refractivity contribution >= 4 is 23.6 Å². The maximum atomic E-state index is 12.0. The molecule has 2 rings (SSSR count). The fourth-order valence-corrected chi connectivity index (χ4v) is 2.61. The normalized spacial score (nSPS) is 15.6. The lowest BCUT2D eigenvalue weighted by Crippen LogP contribution is -2.41. The summed E-state index contributed by atoms with van der Waals surface area (Å²) in [6.45, 7) is 1.95. The molecule has 0 spiro atoms. The summed E-state index contributed by atoms with van der Waals surface area (Å²) < 4.78 is 4.70. The summed E-state index contributed by atoms with van der Waals surface area (Å²) in [7, 11) is 1.39. The largest absolute Gasteiger partial charge is 0.453 e. The highest BCUT2D eigenvalue weighted by Gasteiger charge is 2.23. The van der Waals surface area contributed by atoms with E-state index in [-0.39, 0.29) is 12.0 Å². The molecule has 2 amide bonds. The number of carbonyl (C=O) groups is 2. The number of rotatable bonds is 3. The van der Waals surface area contributed by atoms with Gasteiger partial charge in [0.05, 0.1) is 7.11 Å². The Morgan fingerprint density at radius 1 is 1.38 bits per heavy atom. The minimum Gasteiger partial charge on any atom is -0.453 e. The summed E-state index contributed by atoms with van der Waals surface area (Å²) in [6, 6.07) is 6.88. The monoisotopic (exact) mass is 310 g/mol. The Kier molecular flexibility index (Phi) is 5.44. The second-order valence-electron chi connectivity index (χ2n) is 5.12. The van der Waals surface area contributed by atoms with Crippen LogP contribution in [0.5, 0.6) is 0 Å². The number of hydrogen-bond acceptors (Lipinski definition) is 3. The zero-order valence-corrected chi connectivity index (χ0v) is 12.7. The molecule has 0 radical (unpaired) electrons. The van der Waals surface area contributed by atoms with Gasteiger partial charge in [-0.3, -0.25) is 4.79 Å². The van der Waals surface area contributed by atoms with Crippen LogP contribution in [0, 0.1) is 5.92 Å². The first-order valence-corrected chi connectivity index (χ1v) is 7.34. The number of piperidine rings is 1. The van der Waals surface area contributed by atoms with Gasteiger partial charge in [-0.15, -0.1) is 0 Å². The van der Waals surface area contributed by atoms with Crippen molar-refractivity contribution < 1.29 is 14.3 Å². The summed E-state index contributed by atoms with van der Waals surface area (Å²) in [6.07, 6.45) is 1.45. The summed E-state index contributed by atoms with van der Waals surface area (Å²) in [4.78, 5) is 25.1. The highest BCUT2D eigenvalue weighted by Crippen LogP contribution is 2.17. The van der Waals surface area contributed by atoms with Gasteiger partial charge < -0.3 is 15.0 Å². The Balaban J connectivity index is 1.77. The smallest absolute Gasteiger partial charge is 0.409 e. The number of nitrogens with one attached hydrogen (secondary N) is 1. The Morgan fingerprint density at radius 2 is 2.10 bits per heavy atom. The van der Waals surface area contributed by atoms with Gasteiger partial charge >= 0.3 is 6.09 Å². The third-order valence-corrected chi connectivity index (χ3v) is 3.92. The van der Waals surface area contributed by atoms with Crippen molar-refractivity contribution in [2.45, 2.75) is 12.8 Å². The number of likely N-dealkylation sites (tertiary alicyclic amines) is 1. The summed E-state index contributed by atoms with van der Waals surface area (Å²) >= 11 is 5.87. The summed E-state index contributed by atoms with van der Waals surface area (Å²) in [5.74, 6) is 0.266. The average Bonchev–Trinajstić information content (AvgIpc) is 2.52. The maximum Gasteiger partial charge on any atom is 0.409 e. The molecule has 1 aromatic rings. The highest BCUT2D eigenvalue weighted by atomic mass is 35.5. The molecule has 21 heavy (non-hydrogen) atoms. The van der Waals surface area contributed by atoms with Gasteiger partial charge in [0.1, 0.15) is 0 Å². The van der Waals surface area contributed by atoms with E-state index < -0.39 is 0 Å². The predicted molar refractivity (Wildman–Crippen MR) is 80.5 cm³/mol. The lowest BCUT2D eigenvalue weighted by Gasteiger charge is -2.30. The molecular weight excluding hydrogens is 292 g/mol. The van der Waals surface area contributed by atoms with Gasteiger partial charge in [0.15, 0.2) is 0 Å². The zero-order valence-electron chi connectivity index (χ0n) is 12.0. The first-order chi connectivity index (χ1) is 10.1. The summed E-state index contributed by atoms with van der Waals surface area (Å²) in [5, 5.41) is 3.47. The third kappa shape index (κ3) is 4.36. The SMILES string of the molecule is COC(=O)N1CCC(CNC(=O)c2cccc(Cl)c2)CC1. The van der Waals surface area contributed by atoms with E-state index in [1.54, 1.807) is 29.2 Å². The van der Waals surface area contributed by atoms with Crippen LogP contribution in [0.3, 0.4) is 0 Å². The number of benzene rings is 1. The fraction of sp³-hybridized carbons (Fsp3) is 0.467. The van der Waals surface area contributed by atoms with Crippen molar-refractivity contribution in [1.29, 1.82) is 0 Å². The van der Waals surface area contributed by atoms with Gasteiger partial charge in [-0.2, -0.15) is 0 Å². The molecule has 114 valence electrons. The Hall–Kier alpha value is -1.75. The maximum absolute atomic E-state index is 12.0. The van der Waals surface area contributed by atoms with Crippen LogP contribution in [0.15, 0.2) is 24.3 Å².